The monoisotopic (exact) mass is 580 g/mol. The van der Waals surface area contributed by atoms with Crippen LogP contribution in [-0.2, 0) is 24.1 Å². The van der Waals surface area contributed by atoms with Gasteiger partial charge in [0.15, 0.2) is 0 Å². The van der Waals surface area contributed by atoms with Crippen LogP contribution in [0.3, 0.4) is 0 Å². The second kappa shape index (κ2) is 10.9. The first kappa shape index (κ1) is 29.1. The molecule has 0 spiro atoms. The molecule has 0 aliphatic rings. The van der Waals surface area contributed by atoms with E-state index >= 15 is 4.39 Å². The number of benzene rings is 3. The molecule has 0 saturated carbocycles. The van der Waals surface area contributed by atoms with E-state index in [0.717, 1.165) is 18.2 Å². The fourth-order valence-electron chi connectivity index (χ4n) is 4.38. The van der Waals surface area contributed by atoms with Gasteiger partial charge in [-0.1, -0.05) is 54.1 Å². The van der Waals surface area contributed by atoms with Crippen LogP contribution in [0.5, 0.6) is 0 Å². The number of hydrogen-bond donors (Lipinski definition) is 1. The SMILES string of the molecule is CC(F)(F)c1cc(C(=O)N[C@@](Cc2ccccc2)(c2ccc(Cl)cn2)c2cccc(C(F)(F)F)c2F)ccc1F. The molecule has 0 saturated heterocycles. The predicted octanol–water partition coefficient (Wildman–Crippen LogP) is 8.06. The Bertz CT molecular complexity index is 1520. The summed E-state index contributed by atoms with van der Waals surface area (Å²) in [6, 6.07) is 15.7. The van der Waals surface area contributed by atoms with Crippen LogP contribution in [-0.4, -0.2) is 10.9 Å². The summed E-state index contributed by atoms with van der Waals surface area (Å²) in [6.45, 7) is 0.447. The van der Waals surface area contributed by atoms with Crippen LogP contribution in [0.2, 0.25) is 5.02 Å². The second-order valence-corrected chi connectivity index (χ2v) is 9.57. The van der Waals surface area contributed by atoms with Gasteiger partial charge in [-0.2, -0.15) is 13.2 Å². The highest BCUT2D eigenvalue weighted by molar-refractivity contribution is 6.30. The highest BCUT2D eigenvalue weighted by Crippen LogP contribution is 2.40. The van der Waals surface area contributed by atoms with E-state index in [0.29, 0.717) is 30.7 Å². The minimum absolute atomic E-state index is 0.0875. The maximum Gasteiger partial charge on any atom is 0.419 e. The van der Waals surface area contributed by atoms with E-state index in [9.17, 15) is 31.1 Å². The lowest BCUT2D eigenvalue weighted by atomic mass is 9.79. The second-order valence-electron chi connectivity index (χ2n) is 9.13. The maximum absolute atomic E-state index is 15.8. The summed E-state index contributed by atoms with van der Waals surface area (Å²) in [5.41, 5.74) is -5.39. The van der Waals surface area contributed by atoms with Gasteiger partial charge < -0.3 is 5.32 Å². The van der Waals surface area contributed by atoms with Crippen molar-refractivity contribution in [3.05, 3.63) is 135 Å². The number of rotatable bonds is 7. The molecule has 1 aromatic heterocycles. The van der Waals surface area contributed by atoms with Gasteiger partial charge >= 0.3 is 6.18 Å². The number of halogens is 8. The standard InChI is InChI=1S/C29H20ClF7N2O/c1-27(33,34)22-14-18(10-12-23(22)31)26(40)39-28(15-17-6-3-2-4-7-17,24-13-11-19(30)16-38-24)20-8-5-9-21(25(20)32)29(35,36)37/h2-14,16H,15H2,1H3,(H,39,40)/t28-/m1/s1. The van der Waals surface area contributed by atoms with Crippen LogP contribution in [0.15, 0.2) is 85.1 Å². The first-order valence-electron chi connectivity index (χ1n) is 11.7. The largest absolute Gasteiger partial charge is 0.419 e. The summed E-state index contributed by atoms with van der Waals surface area (Å²) in [5, 5.41) is 2.70. The maximum atomic E-state index is 15.8. The zero-order valence-corrected chi connectivity index (χ0v) is 21.4. The van der Waals surface area contributed by atoms with Gasteiger partial charge in [0.25, 0.3) is 11.8 Å². The van der Waals surface area contributed by atoms with Gasteiger partial charge in [-0.25, -0.2) is 17.6 Å². The van der Waals surface area contributed by atoms with Gasteiger partial charge in [0.2, 0.25) is 0 Å². The number of alkyl halides is 5. The molecule has 0 aliphatic carbocycles. The quantitative estimate of drug-likeness (QED) is 0.225. The van der Waals surface area contributed by atoms with Crippen molar-refractivity contribution in [2.45, 2.75) is 31.0 Å². The number of nitrogens with zero attached hydrogens (tertiary/aromatic N) is 1. The molecule has 0 radical (unpaired) electrons. The molecule has 0 bridgehead atoms. The fourth-order valence-corrected chi connectivity index (χ4v) is 4.49. The minimum atomic E-state index is -5.07. The zero-order chi connectivity index (χ0) is 29.3. The summed E-state index contributed by atoms with van der Waals surface area (Å²) in [7, 11) is 0. The molecule has 3 nitrogen and oxygen atoms in total. The Hall–Kier alpha value is -3.92. The number of amides is 1. The molecule has 208 valence electrons. The van der Waals surface area contributed by atoms with Gasteiger partial charge in [-0.3, -0.25) is 9.78 Å². The summed E-state index contributed by atoms with van der Waals surface area (Å²) < 4.78 is 99.2. The predicted molar refractivity (Wildman–Crippen MR) is 135 cm³/mol. The highest BCUT2D eigenvalue weighted by Gasteiger charge is 2.44. The third kappa shape index (κ3) is 5.96. The van der Waals surface area contributed by atoms with Crippen LogP contribution >= 0.6 is 11.6 Å². The van der Waals surface area contributed by atoms with Crippen LogP contribution in [0.1, 0.15) is 45.2 Å². The van der Waals surface area contributed by atoms with Crippen molar-refractivity contribution < 1.29 is 35.5 Å². The Balaban J connectivity index is 1.99. The lowest BCUT2D eigenvalue weighted by molar-refractivity contribution is -0.140. The number of hydrogen-bond acceptors (Lipinski definition) is 2. The number of aromatic nitrogens is 1. The summed E-state index contributed by atoms with van der Waals surface area (Å²) in [6.07, 6.45) is -4.21. The van der Waals surface area contributed by atoms with Crippen LogP contribution in [0.4, 0.5) is 30.7 Å². The molecule has 1 amide bonds. The smallest absolute Gasteiger partial charge is 0.336 e. The molecule has 4 aromatic rings. The minimum Gasteiger partial charge on any atom is -0.336 e. The van der Waals surface area contributed by atoms with E-state index in [2.05, 4.69) is 10.3 Å². The molecule has 40 heavy (non-hydrogen) atoms. The van der Waals surface area contributed by atoms with Crippen molar-refractivity contribution in [3.8, 4) is 0 Å². The Morgan fingerprint density at radius 2 is 1.52 bits per heavy atom. The number of carbonyl (C=O) groups is 1. The average molecular weight is 581 g/mol. The molecule has 0 aliphatic heterocycles. The molecule has 1 N–H and O–H groups in total. The molecular weight excluding hydrogens is 561 g/mol. The highest BCUT2D eigenvalue weighted by atomic mass is 35.5. The Kier molecular flexibility index (Phi) is 7.94. The third-order valence-electron chi connectivity index (χ3n) is 6.27. The number of pyridine rings is 1. The first-order valence-corrected chi connectivity index (χ1v) is 12.1. The lowest BCUT2D eigenvalue weighted by Crippen LogP contribution is -2.50. The van der Waals surface area contributed by atoms with E-state index in [4.69, 9.17) is 11.6 Å². The van der Waals surface area contributed by atoms with E-state index in [-0.39, 0.29) is 17.1 Å². The summed E-state index contributed by atoms with van der Waals surface area (Å²) >= 11 is 5.98. The van der Waals surface area contributed by atoms with Crippen LogP contribution < -0.4 is 5.32 Å². The molecule has 3 aromatic carbocycles. The normalized spacial score (nSPS) is 13.5. The zero-order valence-electron chi connectivity index (χ0n) is 20.7. The van der Waals surface area contributed by atoms with Crippen molar-refractivity contribution in [1.82, 2.24) is 10.3 Å². The van der Waals surface area contributed by atoms with Gasteiger partial charge in [0.05, 0.1) is 21.8 Å². The van der Waals surface area contributed by atoms with E-state index < -0.39 is 57.4 Å². The molecule has 0 unspecified atom stereocenters. The van der Waals surface area contributed by atoms with E-state index in [1.165, 1.54) is 18.3 Å². The Morgan fingerprint density at radius 3 is 2.12 bits per heavy atom. The van der Waals surface area contributed by atoms with Crippen molar-refractivity contribution >= 4 is 17.5 Å². The van der Waals surface area contributed by atoms with Gasteiger partial charge in [0, 0.05) is 30.7 Å². The first-order chi connectivity index (χ1) is 18.7. The topological polar surface area (TPSA) is 42.0 Å². The van der Waals surface area contributed by atoms with E-state index in [1.807, 2.05) is 0 Å². The van der Waals surface area contributed by atoms with Crippen molar-refractivity contribution in [2.24, 2.45) is 0 Å². The van der Waals surface area contributed by atoms with Gasteiger partial charge in [-0.15, -0.1) is 0 Å². The van der Waals surface area contributed by atoms with Crippen molar-refractivity contribution in [2.75, 3.05) is 0 Å². The Morgan fingerprint density at radius 1 is 0.850 bits per heavy atom. The van der Waals surface area contributed by atoms with Crippen molar-refractivity contribution in [3.63, 3.8) is 0 Å². The molecular formula is C29H20ClF7N2O. The van der Waals surface area contributed by atoms with Crippen LogP contribution in [0, 0.1) is 11.6 Å². The molecule has 1 atom stereocenters. The van der Waals surface area contributed by atoms with Crippen molar-refractivity contribution in [1.29, 1.82) is 0 Å². The lowest BCUT2D eigenvalue weighted by Gasteiger charge is -2.36. The third-order valence-corrected chi connectivity index (χ3v) is 6.49. The van der Waals surface area contributed by atoms with E-state index in [1.54, 1.807) is 30.3 Å². The Labute approximate surface area is 229 Å². The number of nitrogens with one attached hydrogen (secondary N) is 1. The van der Waals surface area contributed by atoms with Crippen LogP contribution in [0.25, 0.3) is 0 Å². The van der Waals surface area contributed by atoms with Gasteiger partial charge in [0.1, 0.15) is 17.2 Å². The average Bonchev–Trinajstić information content (AvgIpc) is 2.88. The van der Waals surface area contributed by atoms with Gasteiger partial charge in [-0.05, 0) is 42.0 Å². The summed E-state index contributed by atoms with van der Waals surface area (Å²) in [5.74, 6) is -7.66. The molecule has 0 fully saturated rings. The number of carbonyl (C=O) groups excluding carboxylic acids is 1. The molecule has 1 heterocycles. The molecule has 4 rings (SSSR count). The summed E-state index contributed by atoms with van der Waals surface area (Å²) in [4.78, 5) is 17.8. The molecule has 11 heteroatoms. The fraction of sp³-hybridized carbons (Fsp3) is 0.172.